The highest BCUT2D eigenvalue weighted by Crippen LogP contribution is 2.30. The Hall–Kier alpha value is -1.13. The maximum absolute atomic E-state index is 12.0. The van der Waals surface area contributed by atoms with Crippen molar-refractivity contribution in [2.75, 3.05) is 19.6 Å². The number of hydrogen-bond donors (Lipinski definition) is 3. The van der Waals surface area contributed by atoms with E-state index in [0.29, 0.717) is 5.78 Å². The zero-order valence-corrected chi connectivity index (χ0v) is 7.84. The largest absolute Gasteiger partial charge is 0.325 e. The summed E-state index contributed by atoms with van der Waals surface area (Å²) in [5.41, 5.74) is 8.29. The van der Waals surface area contributed by atoms with Crippen LogP contribution in [0, 0.1) is 11.8 Å². The van der Waals surface area contributed by atoms with Crippen molar-refractivity contribution in [3.63, 3.8) is 0 Å². The van der Waals surface area contributed by atoms with Gasteiger partial charge in [-0.3, -0.25) is 4.79 Å². The van der Waals surface area contributed by atoms with Crippen LogP contribution in [-0.4, -0.2) is 25.4 Å². The molecule has 3 N–H and O–H groups in total. The number of rotatable bonds is 0. The Balaban J connectivity index is 2.03. The molecule has 0 aromatic heterocycles. The highest BCUT2D eigenvalue weighted by molar-refractivity contribution is 5.91. The summed E-state index contributed by atoms with van der Waals surface area (Å²) in [6, 6.07) is 0. The van der Waals surface area contributed by atoms with Crippen molar-refractivity contribution in [2.45, 2.75) is 0 Å². The molecule has 0 aromatic rings. The molecule has 0 saturated carbocycles. The van der Waals surface area contributed by atoms with Gasteiger partial charge in [0.15, 0.2) is 5.78 Å². The van der Waals surface area contributed by atoms with E-state index in [1.807, 2.05) is 0 Å². The molecule has 0 radical (unpaired) electrons. The lowest BCUT2D eigenvalue weighted by molar-refractivity contribution is -0.124. The van der Waals surface area contributed by atoms with E-state index in [9.17, 15) is 4.79 Å². The molecule has 3 aliphatic rings. The molecule has 1 fully saturated rings. The molecule has 14 heavy (non-hydrogen) atoms. The molecule has 1 saturated heterocycles. The van der Waals surface area contributed by atoms with E-state index in [-0.39, 0.29) is 11.8 Å². The zero-order valence-electron chi connectivity index (χ0n) is 7.84. The van der Waals surface area contributed by atoms with Gasteiger partial charge < -0.3 is 10.7 Å². The van der Waals surface area contributed by atoms with Crippen molar-refractivity contribution < 1.29 is 4.79 Å². The molecule has 2 aliphatic heterocycles. The molecule has 74 valence electrons. The van der Waals surface area contributed by atoms with Crippen LogP contribution in [0.2, 0.25) is 0 Å². The number of carbonyl (C=O) groups excluding carboxylic acids is 1. The fourth-order valence-corrected chi connectivity index (χ4v) is 2.37. The van der Waals surface area contributed by atoms with E-state index in [1.54, 1.807) is 0 Å². The lowest BCUT2D eigenvalue weighted by Gasteiger charge is -2.28. The minimum atomic E-state index is 0.0528. The number of Topliss-reactive ketones (excluding diaryl/α,β-unsaturated/α-hetero) is 1. The number of hydrogen-bond acceptors (Lipinski definition) is 4. The summed E-state index contributed by atoms with van der Waals surface area (Å²) in [6.45, 7) is 2.40. The van der Waals surface area contributed by atoms with Gasteiger partial charge in [0.05, 0.1) is 11.8 Å². The van der Waals surface area contributed by atoms with E-state index in [2.05, 4.69) is 28.3 Å². The summed E-state index contributed by atoms with van der Waals surface area (Å²) in [5, 5.41) is 3.23. The minimum absolute atomic E-state index is 0.0528. The second-order valence-corrected chi connectivity index (χ2v) is 3.98. The van der Waals surface area contributed by atoms with Crippen molar-refractivity contribution in [3.05, 3.63) is 23.4 Å². The fraction of sp³-hybridized carbons (Fsp3) is 0.500. The molecule has 0 aromatic carbocycles. The first-order valence-electron chi connectivity index (χ1n) is 5.01. The molecule has 3 rings (SSSR count). The van der Waals surface area contributed by atoms with Crippen LogP contribution in [0.5, 0.6) is 0 Å². The number of ketones is 1. The predicted molar refractivity (Wildman–Crippen MR) is 52.2 cm³/mol. The quantitative estimate of drug-likeness (QED) is 0.475. The Morgan fingerprint density at radius 3 is 3.14 bits per heavy atom. The average Bonchev–Trinajstić information content (AvgIpc) is 2.66. The monoisotopic (exact) mass is 191 g/mol. The molecule has 1 aliphatic carbocycles. The molecule has 2 unspecified atom stereocenters. The number of hydrazine groups is 1. The molecule has 0 amide bonds. The van der Waals surface area contributed by atoms with Crippen LogP contribution in [0.4, 0.5) is 0 Å². The molecule has 2 heterocycles. The second kappa shape index (κ2) is 2.93. The highest BCUT2D eigenvalue weighted by atomic mass is 16.1. The number of nitrogens with one attached hydrogen (secondary N) is 3. The zero-order chi connectivity index (χ0) is 9.54. The average molecular weight is 191 g/mol. The number of carbonyl (C=O) groups is 1. The maximum Gasteiger partial charge on any atom is 0.151 e. The summed E-state index contributed by atoms with van der Waals surface area (Å²) in [6.07, 6.45) is 4.23. The van der Waals surface area contributed by atoms with Crippen LogP contribution in [0.3, 0.4) is 0 Å². The SMILES string of the molecule is O=C1C2CNCC=C2C=C2NNCC12. The van der Waals surface area contributed by atoms with Gasteiger partial charge in [-0.15, -0.1) is 0 Å². The smallest absolute Gasteiger partial charge is 0.151 e. The maximum atomic E-state index is 12.0. The van der Waals surface area contributed by atoms with Crippen molar-refractivity contribution in [1.82, 2.24) is 16.2 Å². The Labute approximate surface area is 82.4 Å². The summed E-state index contributed by atoms with van der Waals surface area (Å²) in [5.74, 6) is 0.481. The van der Waals surface area contributed by atoms with Crippen molar-refractivity contribution in [1.29, 1.82) is 0 Å². The van der Waals surface area contributed by atoms with E-state index >= 15 is 0 Å². The standard InChI is InChI=1S/C10H13N3O/c14-10-7-4-11-2-1-6(7)3-9-8(10)5-12-13-9/h1,3,7-8,11-13H,2,4-5H2. The van der Waals surface area contributed by atoms with Crippen molar-refractivity contribution >= 4 is 5.78 Å². The van der Waals surface area contributed by atoms with Gasteiger partial charge in [0.25, 0.3) is 0 Å². The lowest BCUT2D eigenvalue weighted by Crippen LogP contribution is -2.40. The minimum Gasteiger partial charge on any atom is -0.325 e. The van der Waals surface area contributed by atoms with Crippen LogP contribution in [-0.2, 0) is 4.79 Å². The van der Waals surface area contributed by atoms with Gasteiger partial charge in [0, 0.05) is 25.3 Å². The van der Waals surface area contributed by atoms with E-state index in [0.717, 1.165) is 25.3 Å². The van der Waals surface area contributed by atoms with Gasteiger partial charge in [0.2, 0.25) is 0 Å². The Bertz CT molecular complexity index is 345. The van der Waals surface area contributed by atoms with Gasteiger partial charge in [-0.05, 0) is 11.6 Å². The van der Waals surface area contributed by atoms with Crippen LogP contribution in [0.15, 0.2) is 23.4 Å². The lowest BCUT2D eigenvalue weighted by atomic mass is 9.79. The van der Waals surface area contributed by atoms with E-state index in [4.69, 9.17) is 0 Å². The normalized spacial score (nSPS) is 35.3. The van der Waals surface area contributed by atoms with Crippen molar-refractivity contribution in [3.8, 4) is 0 Å². The Kier molecular flexibility index (Phi) is 1.72. The van der Waals surface area contributed by atoms with E-state index < -0.39 is 0 Å². The second-order valence-electron chi connectivity index (χ2n) is 3.98. The van der Waals surface area contributed by atoms with Crippen molar-refractivity contribution in [2.24, 2.45) is 11.8 Å². The van der Waals surface area contributed by atoms with Crippen LogP contribution < -0.4 is 16.2 Å². The Morgan fingerprint density at radius 1 is 1.29 bits per heavy atom. The van der Waals surface area contributed by atoms with E-state index in [1.165, 1.54) is 5.57 Å². The molecule has 0 spiro atoms. The van der Waals surface area contributed by atoms with Gasteiger partial charge >= 0.3 is 0 Å². The summed E-state index contributed by atoms with van der Waals surface area (Å²) in [4.78, 5) is 12.0. The van der Waals surface area contributed by atoms with Crippen LogP contribution in [0.1, 0.15) is 0 Å². The Morgan fingerprint density at radius 2 is 2.21 bits per heavy atom. The highest BCUT2D eigenvalue weighted by Gasteiger charge is 2.38. The number of fused-ring (bicyclic) bond motifs is 2. The first kappa shape index (κ1) is 8.20. The van der Waals surface area contributed by atoms with Crippen LogP contribution >= 0.6 is 0 Å². The molecular formula is C10H13N3O. The molecule has 0 bridgehead atoms. The van der Waals surface area contributed by atoms with Gasteiger partial charge in [0.1, 0.15) is 0 Å². The van der Waals surface area contributed by atoms with Gasteiger partial charge in [-0.2, -0.15) is 0 Å². The summed E-state index contributed by atoms with van der Waals surface area (Å²) in [7, 11) is 0. The third kappa shape index (κ3) is 1.04. The van der Waals surface area contributed by atoms with Crippen LogP contribution in [0.25, 0.3) is 0 Å². The van der Waals surface area contributed by atoms with Gasteiger partial charge in [-0.25, -0.2) is 5.43 Å². The number of allylic oxidation sites excluding steroid dienone is 1. The summed E-state index contributed by atoms with van der Waals surface area (Å²) < 4.78 is 0. The molecular weight excluding hydrogens is 178 g/mol. The molecule has 4 heteroatoms. The predicted octanol–water partition coefficient (Wildman–Crippen LogP) is -0.677. The third-order valence-electron chi connectivity index (χ3n) is 3.16. The molecule has 2 atom stereocenters. The topological polar surface area (TPSA) is 53.2 Å². The summed E-state index contributed by atoms with van der Waals surface area (Å²) >= 11 is 0. The fourth-order valence-electron chi connectivity index (χ4n) is 2.37. The first-order valence-corrected chi connectivity index (χ1v) is 5.01. The molecule has 4 nitrogen and oxygen atoms in total. The third-order valence-corrected chi connectivity index (χ3v) is 3.16. The first-order chi connectivity index (χ1) is 6.86. The van der Waals surface area contributed by atoms with Gasteiger partial charge in [-0.1, -0.05) is 6.08 Å².